The zero-order valence-corrected chi connectivity index (χ0v) is 18.1. The maximum atomic E-state index is 12.7. The Morgan fingerprint density at radius 1 is 1.10 bits per heavy atom. The molecule has 2 rings (SSSR count). The molecule has 0 aliphatic carbocycles. The lowest BCUT2D eigenvalue weighted by Gasteiger charge is -2.22. The molecule has 2 aromatic carbocycles. The third kappa shape index (κ3) is 7.78. The summed E-state index contributed by atoms with van der Waals surface area (Å²) in [4.78, 5) is 12.0. The third-order valence-electron chi connectivity index (χ3n) is 4.42. The smallest absolute Gasteiger partial charge is 0.416 e. The van der Waals surface area contributed by atoms with Crippen LogP contribution in [0.4, 0.5) is 18.9 Å². The van der Waals surface area contributed by atoms with Gasteiger partial charge in [-0.15, -0.1) is 0 Å². The monoisotopic (exact) mass is 458 g/mol. The molecule has 0 heterocycles. The van der Waals surface area contributed by atoms with E-state index in [1.165, 1.54) is 0 Å². The molecule has 1 amide bonds. The van der Waals surface area contributed by atoms with Gasteiger partial charge < -0.3 is 10.1 Å². The van der Waals surface area contributed by atoms with E-state index in [1.807, 2.05) is 31.2 Å². The Hall–Kier alpha value is -2.75. The second-order valence-electron chi connectivity index (χ2n) is 6.95. The summed E-state index contributed by atoms with van der Waals surface area (Å²) in [5, 5.41) is 2.69. The van der Waals surface area contributed by atoms with Crippen molar-refractivity contribution in [3.8, 4) is 5.75 Å². The molecule has 0 bridgehead atoms. The van der Waals surface area contributed by atoms with E-state index in [2.05, 4.69) is 5.32 Å². The molecule has 0 spiro atoms. The fourth-order valence-electron chi connectivity index (χ4n) is 2.84. The van der Waals surface area contributed by atoms with Crippen molar-refractivity contribution in [3.05, 3.63) is 59.7 Å². The van der Waals surface area contributed by atoms with Crippen molar-refractivity contribution in [1.82, 2.24) is 5.32 Å². The number of sulfonamides is 1. The van der Waals surface area contributed by atoms with Gasteiger partial charge in [0.1, 0.15) is 12.4 Å². The number of hydrogen-bond acceptors (Lipinski definition) is 4. The predicted molar refractivity (Wildman–Crippen MR) is 113 cm³/mol. The zero-order valence-electron chi connectivity index (χ0n) is 17.3. The van der Waals surface area contributed by atoms with Crippen LogP contribution in [0.5, 0.6) is 5.75 Å². The van der Waals surface area contributed by atoms with Crippen molar-refractivity contribution < 1.29 is 31.1 Å². The molecule has 0 saturated carbocycles. The summed E-state index contributed by atoms with van der Waals surface area (Å²) in [6.45, 7) is 2.47. The number of rotatable bonds is 10. The molecule has 1 N–H and O–H groups in total. The number of carbonyl (C=O) groups excluding carboxylic acids is 1. The minimum Gasteiger partial charge on any atom is -0.491 e. The van der Waals surface area contributed by atoms with Crippen LogP contribution in [0.25, 0.3) is 0 Å². The van der Waals surface area contributed by atoms with Gasteiger partial charge in [-0.25, -0.2) is 8.42 Å². The van der Waals surface area contributed by atoms with Gasteiger partial charge in [0.15, 0.2) is 0 Å². The Morgan fingerprint density at radius 3 is 2.32 bits per heavy atom. The molecule has 0 radical (unpaired) electrons. The highest BCUT2D eigenvalue weighted by Crippen LogP contribution is 2.31. The van der Waals surface area contributed by atoms with Gasteiger partial charge in [-0.05, 0) is 49.2 Å². The lowest BCUT2D eigenvalue weighted by atomic mass is 10.2. The van der Waals surface area contributed by atoms with Gasteiger partial charge in [0, 0.05) is 13.0 Å². The first-order valence-corrected chi connectivity index (χ1v) is 11.4. The Labute approximate surface area is 180 Å². The van der Waals surface area contributed by atoms with Crippen LogP contribution in [-0.4, -0.2) is 40.3 Å². The summed E-state index contributed by atoms with van der Waals surface area (Å²) in [5.41, 5.74) is 0.234. The van der Waals surface area contributed by atoms with Crippen LogP contribution in [0.2, 0.25) is 0 Å². The van der Waals surface area contributed by atoms with Crippen molar-refractivity contribution in [2.75, 3.05) is 30.3 Å². The molecule has 0 aliphatic rings. The minimum atomic E-state index is -4.50. The van der Waals surface area contributed by atoms with Crippen LogP contribution >= 0.6 is 0 Å². The topological polar surface area (TPSA) is 75.7 Å². The van der Waals surface area contributed by atoms with E-state index < -0.39 is 21.8 Å². The molecule has 0 aliphatic heterocycles. The number of aryl methyl sites for hydroxylation is 1. The van der Waals surface area contributed by atoms with Crippen LogP contribution in [0.3, 0.4) is 0 Å². The summed E-state index contributed by atoms with van der Waals surface area (Å²) in [5.74, 6) is 0.464. The summed E-state index contributed by atoms with van der Waals surface area (Å²) >= 11 is 0. The molecule has 6 nitrogen and oxygen atoms in total. The highest BCUT2D eigenvalue weighted by molar-refractivity contribution is 7.92. The number of amides is 1. The van der Waals surface area contributed by atoms with Gasteiger partial charge in [-0.3, -0.25) is 9.10 Å². The standard InChI is InChI=1S/C21H25F3N2O4S/c1-16-6-3-4-7-19(16)30-15-13-25-20(27)8-5-14-26(31(2,28)29)18-11-9-17(10-12-18)21(22,23)24/h3-4,6-7,9-12H,5,8,13-15H2,1-2H3,(H,25,27). The largest absolute Gasteiger partial charge is 0.491 e. The second-order valence-corrected chi connectivity index (χ2v) is 8.85. The maximum Gasteiger partial charge on any atom is 0.416 e. The van der Waals surface area contributed by atoms with Gasteiger partial charge in [-0.1, -0.05) is 18.2 Å². The van der Waals surface area contributed by atoms with Gasteiger partial charge >= 0.3 is 6.18 Å². The molecular formula is C21H25F3N2O4S. The van der Waals surface area contributed by atoms with Crippen molar-refractivity contribution in [2.24, 2.45) is 0 Å². The SMILES string of the molecule is Cc1ccccc1OCCNC(=O)CCCN(c1ccc(C(F)(F)F)cc1)S(C)(=O)=O. The molecular weight excluding hydrogens is 433 g/mol. The fraction of sp³-hybridized carbons (Fsp3) is 0.381. The van der Waals surface area contributed by atoms with E-state index in [9.17, 15) is 26.4 Å². The first-order chi connectivity index (χ1) is 14.5. The summed E-state index contributed by atoms with van der Waals surface area (Å²) < 4.78 is 68.8. The number of alkyl halides is 3. The van der Waals surface area contributed by atoms with E-state index in [0.717, 1.165) is 46.1 Å². The number of hydrogen-bond donors (Lipinski definition) is 1. The molecule has 0 atom stereocenters. The predicted octanol–water partition coefficient (Wildman–Crippen LogP) is 3.76. The highest BCUT2D eigenvalue weighted by Gasteiger charge is 2.30. The van der Waals surface area contributed by atoms with E-state index in [-0.39, 0.29) is 37.6 Å². The molecule has 0 aromatic heterocycles. The summed E-state index contributed by atoms with van der Waals surface area (Å²) in [6, 6.07) is 11.4. The Kier molecular flexibility index (Phi) is 8.32. The van der Waals surface area contributed by atoms with E-state index in [4.69, 9.17) is 4.74 Å². The Bertz CT molecular complexity index is 977. The zero-order chi connectivity index (χ0) is 23.1. The van der Waals surface area contributed by atoms with Crippen LogP contribution in [0, 0.1) is 6.92 Å². The Morgan fingerprint density at radius 2 is 1.74 bits per heavy atom. The second kappa shape index (κ2) is 10.5. The van der Waals surface area contributed by atoms with Gasteiger partial charge in [-0.2, -0.15) is 13.2 Å². The van der Waals surface area contributed by atoms with Crippen molar-refractivity contribution >= 4 is 21.6 Å². The average molecular weight is 459 g/mol. The van der Waals surface area contributed by atoms with E-state index in [1.54, 1.807) is 0 Å². The van der Waals surface area contributed by atoms with Crippen molar-refractivity contribution in [3.63, 3.8) is 0 Å². The molecule has 2 aromatic rings. The number of carbonyl (C=O) groups is 1. The molecule has 0 unspecified atom stereocenters. The number of ether oxygens (including phenoxy) is 1. The van der Waals surface area contributed by atoms with Crippen LogP contribution < -0.4 is 14.4 Å². The van der Waals surface area contributed by atoms with Crippen LogP contribution in [0.1, 0.15) is 24.0 Å². The lowest BCUT2D eigenvalue weighted by molar-refractivity contribution is -0.137. The van der Waals surface area contributed by atoms with Crippen LogP contribution in [-0.2, 0) is 21.0 Å². The molecule has 0 saturated heterocycles. The fourth-order valence-corrected chi connectivity index (χ4v) is 3.81. The van der Waals surface area contributed by atoms with Crippen molar-refractivity contribution in [1.29, 1.82) is 0 Å². The third-order valence-corrected chi connectivity index (χ3v) is 5.62. The number of para-hydroxylation sites is 1. The normalized spacial score (nSPS) is 11.8. The minimum absolute atomic E-state index is 0.0304. The number of halogens is 3. The lowest BCUT2D eigenvalue weighted by Crippen LogP contribution is -2.33. The molecule has 0 fully saturated rings. The molecule has 31 heavy (non-hydrogen) atoms. The first-order valence-electron chi connectivity index (χ1n) is 9.58. The van der Waals surface area contributed by atoms with E-state index >= 15 is 0 Å². The quantitative estimate of drug-likeness (QED) is 0.550. The maximum absolute atomic E-state index is 12.7. The van der Waals surface area contributed by atoms with E-state index in [0.29, 0.717) is 6.54 Å². The Balaban J connectivity index is 1.82. The number of anilines is 1. The van der Waals surface area contributed by atoms with Gasteiger partial charge in [0.05, 0.1) is 24.1 Å². The highest BCUT2D eigenvalue weighted by atomic mass is 32.2. The molecule has 10 heteroatoms. The van der Waals surface area contributed by atoms with Crippen LogP contribution in [0.15, 0.2) is 48.5 Å². The summed E-state index contributed by atoms with van der Waals surface area (Å²) in [7, 11) is -3.72. The number of nitrogens with one attached hydrogen (secondary N) is 1. The summed E-state index contributed by atoms with van der Waals surface area (Å²) in [6.07, 6.45) is -3.27. The first kappa shape index (κ1) is 24.5. The average Bonchev–Trinajstić information content (AvgIpc) is 2.68. The van der Waals surface area contributed by atoms with Crippen molar-refractivity contribution in [2.45, 2.75) is 25.9 Å². The molecule has 170 valence electrons. The van der Waals surface area contributed by atoms with Gasteiger partial charge in [0.2, 0.25) is 15.9 Å². The number of benzene rings is 2. The number of nitrogens with zero attached hydrogens (tertiary/aromatic N) is 1. The van der Waals surface area contributed by atoms with Gasteiger partial charge in [0.25, 0.3) is 0 Å².